The molecule has 4 rings (SSSR count). The SMILES string of the molecule is CC(=O)c1ccc(NC(=O)N2CCN(c3nc4ccccc4s3)CC2)cc1. The molecule has 1 saturated heterocycles. The molecule has 0 aliphatic carbocycles. The number of benzene rings is 2. The maximum atomic E-state index is 12.5. The molecule has 3 aromatic rings. The highest BCUT2D eigenvalue weighted by Gasteiger charge is 2.23. The Balaban J connectivity index is 1.35. The van der Waals surface area contributed by atoms with Crippen molar-refractivity contribution in [1.82, 2.24) is 9.88 Å². The molecular weight excluding hydrogens is 360 g/mol. The van der Waals surface area contributed by atoms with Crippen molar-refractivity contribution >= 4 is 44.2 Å². The number of carbonyl (C=O) groups is 2. The number of aromatic nitrogens is 1. The van der Waals surface area contributed by atoms with Crippen LogP contribution < -0.4 is 10.2 Å². The summed E-state index contributed by atoms with van der Waals surface area (Å²) in [6, 6.07) is 15.0. The van der Waals surface area contributed by atoms with Crippen LogP contribution in [0.5, 0.6) is 0 Å². The number of para-hydroxylation sites is 1. The fraction of sp³-hybridized carbons (Fsp3) is 0.250. The van der Waals surface area contributed by atoms with Crippen molar-refractivity contribution in [3.05, 3.63) is 54.1 Å². The summed E-state index contributed by atoms with van der Waals surface area (Å²) in [5.41, 5.74) is 2.35. The normalized spacial score (nSPS) is 14.4. The number of thiazole rings is 1. The molecule has 1 N–H and O–H groups in total. The molecule has 0 unspecified atom stereocenters. The Morgan fingerprint density at radius 1 is 1.00 bits per heavy atom. The molecule has 0 atom stereocenters. The summed E-state index contributed by atoms with van der Waals surface area (Å²) in [7, 11) is 0. The summed E-state index contributed by atoms with van der Waals surface area (Å²) in [5.74, 6) is 0.0128. The van der Waals surface area contributed by atoms with Gasteiger partial charge in [-0.3, -0.25) is 4.79 Å². The number of urea groups is 1. The van der Waals surface area contributed by atoms with Crippen molar-refractivity contribution in [2.75, 3.05) is 36.4 Å². The summed E-state index contributed by atoms with van der Waals surface area (Å²) >= 11 is 1.69. The monoisotopic (exact) mass is 380 g/mol. The second-order valence-corrected chi connectivity index (χ2v) is 7.51. The topological polar surface area (TPSA) is 65.5 Å². The van der Waals surface area contributed by atoms with Gasteiger partial charge in [0.1, 0.15) is 0 Å². The van der Waals surface area contributed by atoms with E-state index in [1.165, 1.54) is 11.6 Å². The molecule has 1 fully saturated rings. The van der Waals surface area contributed by atoms with Crippen LogP contribution in [0.15, 0.2) is 48.5 Å². The minimum absolute atomic E-state index is 0.0128. The van der Waals surface area contributed by atoms with Gasteiger partial charge in [-0.05, 0) is 43.3 Å². The van der Waals surface area contributed by atoms with E-state index in [4.69, 9.17) is 4.98 Å². The Hall–Kier alpha value is -2.93. The van der Waals surface area contributed by atoms with Gasteiger partial charge in [-0.2, -0.15) is 0 Å². The van der Waals surface area contributed by atoms with Gasteiger partial charge in [-0.15, -0.1) is 0 Å². The van der Waals surface area contributed by atoms with Gasteiger partial charge in [0, 0.05) is 37.4 Å². The van der Waals surface area contributed by atoms with Gasteiger partial charge < -0.3 is 15.1 Å². The smallest absolute Gasteiger partial charge is 0.321 e. The van der Waals surface area contributed by atoms with E-state index in [9.17, 15) is 9.59 Å². The highest BCUT2D eigenvalue weighted by atomic mass is 32.1. The number of Topliss-reactive ketones (excluding diaryl/α,β-unsaturated/α-hetero) is 1. The van der Waals surface area contributed by atoms with Crippen molar-refractivity contribution in [2.45, 2.75) is 6.92 Å². The van der Waals surface area contributed by atoms with Gasteiger partial charge in [-0.25, -0.2) is 9.78 Å². The lowest BCUT2D eigenvalue weighted by Crippen LogP contribution is -2.50. The highest BCUT2D eigenvalue weighted by molar-refractivity contribution is 7.22. The highest BCUT2D eigenvalue weighted by Crippen LogP contribution is 2.29. The molecule has 7 heteroatoms. The number of carbonyl (C=O) groups excluding carboxylic acids is 2. The van der Waals surface area contributed by atoms with Gasteiger partial charge in [-0.1, -0.05) is 23.5 Å². The number of hydrogen-bond acceptors (Lipinski definition) is 5. The van der Waals surface area contributed by atoms with Crippen LogP contribution in [0, 0.1) is 0 Å². The van der Waals surface area contributed by atoms with Crippen molar-refractivity contribution < 1.29 is 9.59 Å². The number of rotatable bonds is 3. The predicted octanol–water partition coefficient (Wildman–Crippen LogP) is 3.85. The van der Waals surface area contributed by atoms with E-state index in [1.54, 1.807) is 35.6 Å². The Bertz CT molecular complexity index is 942. The first-order valence-electron chi connectivity index (χ1n) is 8.87. The minimum Gasteiger partial charge on any atom is -0.345 e. The number of anilines is 2. The fourth-order valence-electron chi connectivity index (χ4n) is 3.09. The van der Waals surface area contributed by atoms with Gasteiger partial charge in [0.15, 0.2) is 10.9 Å². The van der Waals surface area contributed by atoms with Crippen LogP contribution in [-0.2, 0) is 0 Å². The Kier molecular flexibility index (Phi) is 4.77. The summed E-state index contributed by atoms with van der Waals surface area (Å²) in [6.45, 7) is 4.34. The molecule has 0 bridgehead atoms. The molecule has 27 heavy (non-hydrogen) atoms. The van der Waals surface area contributed by atoms with Crippen molar-refractivity contribution in [3.8, 4) is 0 Å². The van der Waals surface area contributed by atoms with Crippen LogP contribution in [-0.4, -0.2) is 47.9 Å². The summed E-state index contributed by atoms with van der Waals surface area (Å²) in [6.07, 6.45) is 0. The maximum absolute atomic E-state index is 12.5. The van der Waals surface area contributed by atoms with Crippen LogP contribution in [0.3, 0.4) is 0 Å². The van der Waals surface area contributed by atoms with Crippen LogP contribution in [0.4, 0.5) is 15.6 Å². The van der Waals surface area contributed by atoms with E-state index in [-0.39, 0.29) is 11.8 Å². The second kappa shape index (κ2) is 7.36. The molecule has 0 saturated carbocycles. The third-order valence-corrected chi connectivity index (χ3v) is 5.76. The summed E-state index contributed by atoms with van der Waals surface area (Å²) in [4.78, 5) is 32.5. The summed E-state index contributed by atoms with van der Waals surface area (Å²) in [5, 5.41) is 3.91. The predicted molar refractivity (Wildman–Crippen MR) is 109 cm³/mol. The van der Waals surface area contributed by atoms with E-state index < -0.39 is 0 Å². The lowest BCUT2D eigenvalue weighted by molar-refractivity contribution is 0.101. The van der Waals surface area contributed by atoms with E-state index in [2.05, 4.69) is 16.3 Å². The first-order valence-corrected chi connectivity index (χ1v) is 9.69. The number of hydrogen-bond donors (Lipinski definition) is 1. The Morgan fingerprint density at radius 2 is 1.70 bits per heavy atom. The van der Waals surface area contributed by atoms with Gasteiger partial charge >= 0.3 is 6.03 Å². The maximum Gasteiger partial charge on any atom is 0.321 e. The number of nitrogens with zero attached hydrogens (tertiary/aromatic N) is 3. The Labute approximate surface area is 161 Å². The van der Waals surface area contributed by atoms with Crippen molar-refractivity contribution in [1.29, 1.82) is 0 Å². The van der Waals surface area contributed by atoms with E-state index >= 15 is 0 Å². The molecule has 138 valence electrons. The molecule has 1 aliphatic rings. The standard InChI is InChI=1S/C20H20N4O2S/c1-14(25)15-6-8-16(9-7-15)21-19(26)23-10-12-24(13-11-23)20-22-17-4-2-3-5-18(17)27-20/h2-9H,10-13H2,1H3,(H,21,26). The molecule has 0 spiro atoms. The quantitative estimate of drug-likeness (QED) is 0.701. The van der Waals surface area contributed by atoms with E-state index in [0.717, 1.165) is 23.7 Å². The average Bonchev–Trinajstić information content (AvgIpc) is 3.13. The number of fused-ring (bicyclic) bond motifs is 1. The Morgan fingerprint density at radius 3 is 2.37 bits per heavy atom. The lowest BCUT2D eigenvalue weighted by Gasteiger charge is -2.34. The molecular formula is C20H20N4O2S. The van der Waals surface area contributed by atoms with Crippen LogP contribution >= 0.6 is 11.3 Å². The number of piperazine rings is 1. The van der Waals surface area contributed by atoms with E-state index in [1.807, 2.05) is 23.1 Å². The molecule has 1 aliphatic heterocycles. The lowest BCUT2D eigenvalue weighted by atomic mass is 10.1. The number of nitrogens with one attached hydrogen (secondary N) is 1. The molecule has 2 aromatic carbocycles. The van der Waals surface area contributed by atoms with Crippen molar-refractivity contribution in [2.24, 2.45) is 0 Å². The molecule has 2 amide bonds. The van der Waals surface area contributed by atoms with Crippen LogP contribution in [0.1, 0.15) is 17.3 Å². The zero-order chi connectivity index (χ0) is 18.8. The van der Waals surface area contributed by atoms with Gasteiger partial charge in [0.2, 0.25) is 0 Å². The summed E-state index contributed by atoms with van der Waals surface area (Å²) < 4.78 is 1.18. The third-order valence-electron chi connectivity index (χ3n) is 4.66. The van der Waals surface area contributed by atoms with Crippen LogP contribution in [0.2, 0.25) is 0 Å². The average molecular weight is 380 g/mol. The van der Waals surface area contributed by atoms with Gasteiger partial charge in [0.05, 0.1) is 10.2 Å². The van der Waals surface area contributed by atoms with E-state index in [0.29, 0.717) is 24.3 Å². The largest absolute Gasteiger partial charge is 0.345 e. The minimum atomic E-state index is -0.116. The third kappa shape index (κ3) is 3.78. The molecule has 0 radical (unpaired) electrons. The second-order valence-electron chi connectivity index (χ2n) is 6.50. The van der Waals surface area contributed by atoms with Gasteiger partial charge in [0.25, 0.3) is 0 Å². The first kappa shape index (κ1) is 17.5. The molecule has 2 heterocycles. The first-order chi connectivity index (χ1) is 13.1. The van der Waals surface area contributed by atoms with Crippen LogP contribution in [0.25, 0.3) is 10.2 Å². The fourth-order valence-corrected chi connectivity index (χ4v) is 4.10. The molecule has 6 nitrogen and oxygen atoms in total. The zero-order valence-electron chi connectivity index (χ0n) is 15.0. The number of amides is 2. The number of ketones is 1. The zero-order valence-corrected chi connectivity index (χ0v) is 15.8. The molecule has 1 aromatic heterocycles. The van der Waals surface area contributed by atoms with Crippen molar-refractivity contribution in [3.63, 3.8) is 0 Å².